The van der Waals surface area contributed by atoms with E-state index in [1.54, 1.807) is 0 Å². The summed E-state index contributed by atoms with van der Waals surface area (Å²) in [6, 6.07) is 18.5. The summed E-state index contributed by atoms with van der Waals surface area (Å²) in [6.45, 7) is 4.79. The molecule has 16 nitrogen and oxygen atoms in total. The number of H-pyrrole nitrogens is 2. The summed E-state index contributed by atoms with van der Waals surface area (Å²) in [7, 11) is 2.60. The number of halogens is 2. The minimum absolute atomic E-state index is 0.0569. The van der Waals surface area contributed by atoms with Gasteiger partial charge in [-0.15, -0.1) is 0 Å². The van der Waals surface area contributed by atoms with Crippen molar-refractivity contribution in [2.75, 3.05) is 47.2 Å². The van der Waals surface area contributed by atoms with Gasteiger partial charge in [-0.05, 0) is 103 Å². The predicted molar refractivity (Wildman–Crippen MR) is 255 cm³/mol. The van der Waals surface area contributed by atoms with E-state index in [1.165, 1.54) is 14.2 Å². The molecule has 1 aliphatic carbocycles. The molecule has 0 radical (unpaired) electrons. The van der Waals surface area contributed by atoms with Crippen LogP contribution in [-0.2, 0) is 28.5 Å². The van der Waals surface area contributed by atoms with Crippen molar-refractivity contribution in [3.8, 4) is 33.6 Å². The Morgan fingerprint density at radius 1 is 0.662 bits per heavy atom. The van der Waals surface area contributed by atoms with Gasteiger partial charge in [0.05, 0.1) is 26.3 Å². The van der Waals surface area contributed by atoms with E-state index < -0.39 is 24.3 Å². The van der Waals surface area contributed by atoms with Gasteiger partial charge in [-0.25, -0.2) is 19.6 Å². The maximum atomic E-state index is 14.3. The minimum atomic E-state index is -0.740. The molecular weight excluding hydrogens is 912 g/mol. The fraction of sp³-hybridized carbons (Fsp3) is 0.480. The fourth-order valence-electron chi connectivity index (χ4n) is 11.0. The Morgan fingerprint density at radius 2 is 1.16 bits per heavy atom. The number of methoxy groups -OCH3 is 2. The van der Waals surface area contributed by atoms with Crippen molar-refractivity contribution in [2.24, 2.45) is 23.7 Å². The van der Waals surface area contributed by atoms with Gasteiger partial charge in [0.25, 0.3) is 0 Å². The van der Waals surface area contributed by atoms with Gasteiger partial charge in [0.15, 0.2) is 0 Å². The average Bonchev–Trinajstić information content (AvgIpc) is 3.67. The second-order valence-corrected chi connectivity index (χ2v) is 19.7. The third-order valence-corrected chi connectivity index (χ3v) is 15.2. The monoisotopic (exact) mass is 966 g/mol. The number of amides is 4. The Morgan fingerprint density at radius 3 is 1.75 bits per heavy atom. The van der Waals surface area contributed by atoms with Gasteiger partial charge in [-0.2, -0.15) is 0 Å². The van der Waals surface area contributed by atoms with Crippen LogP contribution < -0.4 is 10.6 Å². The second-order valence-electron chi connectivity index (χ2n) is 19.0. The molecule has 4 saturated heterocycles. The van der Waals surface area contributed by atoms with E-state index in [0.717, 1.165) is 45.9 Å². The predicted octanol–water partition coefficient (Wildman–Crippen LogP) is 8.47. The van der Waals surface area contributed by atoms with E-state index in [4.69, 9.17) is 52.1 Å². The number of fused-ring (bicyclic) bond motifs is 2. The van der Waals surface area contributed by atoms with Crippen LogP contribution in [0, 0.1) is 23.7 Å². The Hall–Kier alpha value is -5.68. The third kappa shape index (κ3) is 9.15. The quantitative estimate of drug-likeness (QED) is 0.0998. The Labute approximate surface area is 404 Å². The van der Waals surface area contributed by atoms with Gasteiger partial charge < -0.3 is 49.3 Å². The lowest BCUT2D eigenvalue weighted by atomic mass is 9.90. The molecule has 5 aliphatic rings. The number of aromatic amines is 2. The number of aromatic nitrogens is 4. The number of ether oxygens (including phenoxy) is 4. The van der Waals surface area contributed by atoms with Crippen molar-refractivity contribution >= 4 is 58.0 Å². The molecule has 1 saturated carbocycles. The third-order valence-electron chi connectivity index (χ3n) is 14.7. The summed E-state index contributed by atoms with van der Waals surface area (Å²) in [5, 5.41) is 8.49. The summed E-state index contributed by atoms with van der Waals surface area (Å²) >= 11 is 13.7. The fourth-order valence-corrected chi connectivity index (χ4v) is 11.5. The summed E-state index contributed by atoms with van der Waals surface area (Å²) < 4.78 is 20.9. The molecule has 0 spiro atoms. The van der Waals surface area contributed by atoms with Crippen molar-refractivity contribution in [1.29, 1.82) is 0 Å². The van der Waals surface area contributed by atoms with Crippen LogP contribution in [0.1, 0.15) is 75.6 Å². The number of piperidine rings is 1. The van der Waals surface area contributed by atoms with E-state index in [2.05, 4.69) is 57.9 Å². The van der Waals surface area contributed by atoms with Crippen LogP contribution in [0.3, 0.4) is 0 Å². The number of hydrogen-bond acceptors (Lipinski definition) is 10. The first-order chi connectivity index (χ1) is 33.0. The zero-order valence-electron chi connectivity index (χ0n) is 38.3. The number of nitrogens with zero attached hydrogens (tertiary/aromatic N) is 4. The molecule has 7 atom stereocenters. The molecule has 4 aliphatic heterocycles. The molecule has 6 heterocycles. The van der Waals surface area contributed by atoms with Crippen molar-refractivity contribution in [3.05, 3.63) is 82.6 Å². The molecule has 2 unspecified atom stereocenters. The normalized spacial score (nSPS) is 23.8. The number of benzene rings is 3. The number of nitrogens with one attached hydrogen (secondary N) is 4. The number of carbonyl (C=O) groups is 4. The highest BCUT2D eigenvalue weighted by Crippen LogP contribution is 2.54. The number of rotatable bonds is 11. The molecule has 68 heavy (non-hydrogen) atoms. The summed E-state index contributed by atoms with van der Waals surface area (Å²) in [4.78, 5) is 73.6. The molecule has 18 heteroatoms. The number of hydrogen-bond donors (Lipinski definition) is 4. The van der Waals surface area contributed by atoms with Crippen LogP contribution in [0.25, 0.3) is 44.4 Å². The highest BCUT2D eigenvalue weighted by Gasteiger charge is 2.57. The zero-order chi connectivity index (χ0) is 47.2. The standard InChI is InChI=1S/C50H56Cl2N8O8/c1-26-20-37(59(25-26)47(61)41(55-49(63)65-2)29-12-16-67-17-13-29)45-54-40(44(52)57-45)34-11-10-32-21-31(8-9-33(32)22-34)27-4-6-28(7-5-27)39-43(51)58-46(53-39)38-24-35-23-36(35)60(38)48(62)42(56-50(64)66-3)30-14-18-68-19-15-30/h4-11,21-22,26,29-30,35-38,41-42H,12-20,23-25H2,1-3H3,(H,53,58)(H,54,57)(H,55,63)(H,56,64)/t26-,35?,36?,37+,38+,41+,42+/m1/s1. The first-order valence-electron chi connectivity index (χ1n) is 23.6. The lowest BCUT2D eigenvalue weighted by molar-refractivity contribution is -0.138. The summed E-state index contributed by atoms with van der Waals surface area (Å²) in [5.41, 5.74) is 4.94. The molecular formula is C50H56Cl2N8O8. The minimum Gasteiger partial charge on any atom is -0.453 e. The van der Waals surface area contributed by atoms with Crippen molar-refractivity contribution in [3.63, 3.8) is 0 Å². The van der Waals surface area contributed by atoms with Crippen LogP contribution in [0.2, 0.25) is 10.3 Å². The molecule has 3 aromatic carbocycles. The molecule has 2 aromatic heterocycles. The molecule has 0 bridgehead atoms. The van der Waals surface area contributed by atoms with Crippen LogP contribution in [-0.4, -0.2) is 119 Å². The van der Waals surface area contributed by atoms with E-state index in [1.807, 2.05) is 40.1 Å². The van der Waals surface area contributed by atoms with Gasteiger partial charge in [-0.3, -0.25) is 9.59 Å². The van der Waals surface area contributed by atoms with Gasteiger partial charge in [0, 0.05) is 50.1 Å². The zero-order valence-corrected chi connectivity index (χ0v) is 39.8. The van der Waals surface area contributed by atoms with Crippen LogP contribution >= 0.6 is 23.2 Å². The maximum absolute atomic E-state index is 14.3. The maximum Gasteiger partial charge on any atom is 0.407 e. The number of imidazole rings is 2. The van der Waals surface area contributed by atoms with Crippen molar-refractivity contribution in [1.82, 2.24) is 40.4 Å². The molecule has 5 fully saturated rings. The topological polar surface area (TPSA) is 193 Å². The second kappa shape index (κ2) is 19.4. The lowest BCUT2D eigenvalue weighted by Gasteiger charge is -2.35. The van der Waals surface area contributed by atoms with Gasteiger partial charge >= 0.3 is 12.2 Å². The van der Waals surface area contributed by atoms with Crippen LogP contribution in [0.15, 0.2) is 60.7 Å². The SMILES string of the molecule is COC(=O)N[C@H](C(=O)N1C[C@H](C)C[C@H]1c1nc(-c2ccc3cc(-c4ccc(-c5nc([C@@H]6CC7CC7N6C(=O)[C@@H](NC(=O)OC)C6CCOCC6)[nH]c5Cl)cc4)ccc3c2)c(Cl)[nH]1)C1CCOCC1. The molecule has 358 valence electrons. The van der Waals surface area contributed by atoms with Crippen molar-refractivity contribution in [2.45, 2.75) is 82.1 Å². The summed E-state index contributed by atoms with van der Waals surface area (Å²) in [5.74, 6) is 1.42. The van der Waals surface area contributed by atoms with E-state index in [0.29, 0.717) is 104 Å². The highest BCUT2D eigenvalue weighted by molar-refractivity contribution is 6.32. The molecule has 4 N–H and O–H groups in total. The van der Waals surface area contributed by atoms with E-state index in [9.17, 15) is 19.2 Å². The molecule has 5 aromatic rings. The van der Waals surface area contributed by atoms with Crippen LogP contribution in [0.5, 0.6) is 0 Å². The van der Waals surface area contributed by atoms with Gasteiger partial charge in [0.1, 0.15) is 45.4 Å². The summed E-state index contributed by atoms with van der Waals surface area (Å²) in [6.07, 6.45) is 3.81. The number of likely N-dealkylation sites (tertiary alicyclic amines) is 2. The number of carbonyl (C=O) groups excluding carboxylic acids is 4. The van der Waals surface area contributed by atoms with E-state index in [-0.39, 0.29) is 47.7 Å². The average molecular weight is 968 g/mol. The lowest BCUT2D eigenvalue weighted by Crippen LogP contribution is -2.54. The molecule has 4 amide bonds. The van der Waals surface area contributed by atoms with Crippen molar-refractivity contribution < 1.29 is 38.1 Å². The number of alkyl carbamates (subject to hydrolysis) is 2. The highest BCUT2D eigenvalue weighted by atomic mass is 35.5. The first-order valence-corrected chi connectivity index (χ1v) is 24.4. The largest absolute Gasteiger partial charge is 0.453 e. The Balaban J connectivity index is 0.840. The first kappa shape index (κ1) is 46.1. The molecule has 10 rings (SSSR count). The smallest absolute Gasteiger partial charge is 0.407 e. The van der Waals surface area contributed by atoms with Gasteiger partial charge in [0.2, 0.25) is 11.8 Å². The Kier molecular flexibility index (Phi) is 13.1. The van der Waals surface area contributed by atoms with Crippen LogP contribution in [0.4, 0.5) is 9.59 Å². The Bertz CT molecular complexity index is 2700. The van der Waals surface area contributed by atoms with E-state index >= 15 is 0 Å². The van der Waals surface area contributed by atoms with Gasteiger partial charge in [-0.1, -0.05) is 78.7 Å².